The molecule has 0 bridgehead atoms. The summed E-state index contributed by atoms with van der Waals surface area (Å²) >= 11 is 0. The second-order valence-electron chi connectivity index (χ2n) is 6.12. The lowest BCUT2D eigenvalue weighted by atomic mass is 10.4. The van der Waals surface area contributed by atoms with Crippen LogP contribution in [0.5, 0.6) is 0 Å². The SMILES string of the molecule is COCCOCc1cnn(-c2cnn3ccc(N4CCCC4)nc23)c1. The van der Waals surface area contributed by atoms with Crippen molar-refractivity contribution in [2.75, 3.05) is 38.3 Å². The minimum absolute atomic E-state index is 0.509. The Labute approximate surface area is 146 Å². The minimum Gasteiger partial charge on any atom is -0.382 e. The third-order valence-corrected chi connectivity index (χ3v) is 4.35. The first-order valence-electron chi connectivity index (χ1n) is 8.55. The molecule has 4 rings (SSSR count). The molecule has 1 aliphatic heterocycles. The van der Waals surface area contributed by atoms with Crippen LogP contribution in [-0.4, -0.2) is 57.8 Å². The first-order valence-corrected chi connectivity index (χ1v) is 8.55. The third-order valence-electron chi connectivity index (χ3n) is 4.35. The predicted octanol–water partition coefficient (Wildman–Crippen LogP) is 1.68. The van der Waals surface area contributed by atoms with E-state index in [-0.39, 0.29) is 0 Å². The molecule has 4 heterocycles. The van der Waals surface area contributed by atoms with Crippen molar-refractivity contribution >= 4 is 11.5 Å². The Morgan fingerprint density at radius 3 is 2.84 bits per heavy atom. The summed E-state index contributed by atoms with van der Waals surface area (Å²) in [5.41, 5.74) is 2.68. The zero-order valence-electron chi connectivity index (χ0n) is 14.3. The van der Waals surface area contributed by atoms with Gasteiger partial charge in [0.2, 0.25) is 0 Å². The molecule has 1 aliphatic rings. The standard InChI is InChI=1S/C17H22N6O2/c1-24-8-9-25-13-14-10-18-23(12-14)15-11-19-22-7-4-16(20-17(15)22)21-5-2-3-6-21/h4,7,10-12H,2-3,5-6,8-9,13H2,1H3. The van der Waals surface area contributed by atoms with Gasteiger partial charge in [0, 0.05) is 38.2 Å². The van der Waals surface area contributed by atoms with E-state index in [1.54, 1.807) is 28.7 Å². The number of hydrogen-bond acceptors (Lipinski definition) is 6. The Morgan fingerprint density at radius 2 is 2.00 bits per heavy atom. The summed E-state index contributed by atoms with van der Waals surface area (Å²) in [6.45, 7) is 3.80. The summed E-state index contributed by atoms with van der Waals surface area (Å²) in [5, 5.41) is 8.82. The predicted molar refractivity (Wildman–Crippen MR) is 93.1 cm³/mol. The second-order valence-corrected chi connectivity index (χ2v) is 6.12. The Bertz CT molecular complexity index is 837. The molecule has 0 spiro atoms. The zero-order valence-corrected chi connectivity index (χ0v) is 14.3. The molecule has 8 heteroatoms. The lowest BCUT2D eigenvalue weighted by Gasteiger charge is -2.16. The van der Waals surface area contributed by atoms with E-state index in [1.807, 2.05) is 18.5 Å². The second kappa shape index (κ2) is 7.20. The highest BCUT2D eigenvalue weighted by molar-refractivity contribution is 5.60. The van der Waals surface area contributed by atoms with E-state index in [9.17, 15) is 0 Å². The third kappa shape index (κ3) is 3.35. The van der Waals surface area contributed by atoms with Gasteiger partial charge in [-0.25, -0.2) is 14.2 Å². The van der Waals surface area contributed by atoms with Gasteiger partial charge in [0.1, 0.15) is 11.5 Å². The molecule has 8 nitrogen and oxygen atoms in total. The topological polar surface area (TPSA) is 69.7 Å². The molecule has 0 aromatic carbocycles. The van der Waals surface area contributed by atoms with Crippen molar-refractivity contribution in [1.29, 1.82) is 0 Å². The van der Waals surface area contributed by atoms with Crippen LogP contribution in [0.4, 0.5) is 5.82 Å². The van der Waals surface area contributed by atoms with E-state index in [0.717, 1.165) is 35.8 Å². The maximum atomic E-state index is 5.54. The highest BCUT2D eigenvalue weighted by atomic mass is 16.5. The average Bonchev–Trinajstić information content (AvgIpc) is 3.38. The van der Waals surface area contributed by atoms with Crippen molar-refractivity contribution in [3.05, 3.63) is 36.4 Å². The highest BCUT2D eigenvalue weighted by Crippen LogP contribution is 2.21. The molecule has 0 N–H and O–H groups in total. The van der Waals surface area contributed by atoms with Gasteiger partial charge in [-0.3, -0.25) is 0 Å². The van der Waals surface area contributed by atoms with Crippen LogP contribution in [-0.2, 0) is 16.1 Å². The van der Waals surface area contributed by atoms with Crippen LogP contribution < -0.4 is 4.90 Å². The fraction of sp³-hybridized carbons (Fsp3) is 0.471. The molecule has 3 aromatic rings. The van der Waals surface area contributed by atoms with Crippen LogP contribution in [0.3, 0.4) is 0 Å². The van der Waals surface area contributed by atoms with Gasteiger partial charge < -0.3 is 14.4 Å². The van der Waals surface area contributed by atoms with E-state index in [4.69, 9.17) is 14.5 Å². The van der Waals surface area contributed by atoms with Gasteiger partial charge in [-0.2, -0.15) is 10.2 Å². The van der Waals surface area contributed by atoms with Crippen molar-refractivity contribution in [2.45, 2.75) is 19.4 Å². The molecule has 0 amide bonds. The van der Waals surface area contributed by atoms with Gasteiger partial charge in [0.25, 0.3) is 0 Å². The van der Waals surface area contributed by atoms with Crippen molar-refractivity contribution in [1.82, 2.24) is 24.4 Å². The maximum absolute atomic E-state index is 5.54. The first-order chi connectivity index (χ1) is 12.3. The van der Waals surface area contributed by atoms with Crippen molar-refractivity contribution in [3.8, 4) is 5.69 Å². The molecule has 132 valence electrons. The van der Waals surface area contributed by atoms with Gasteiger partial charge in [0.15, 0.2) is 5.65 Å². The number of rotatable bonds is 7. The van der Waals surface area contributed by atoms with Crippen molar-refractivity contribution in [2.24, 2.45) is 0 Å². The van der Waals surface area contributed by atoms with Crippen molar-refractivity contribution in [3.63, 3.8) is 0 Å². The van der Waals surface area contributed by atoms with E-state index < -0.39 is 0 Å². The average molecular weight is 342 g/mol. The molecule has 1 fully saturated rings. The maximum Gasteiger partial charge on any atom is 0.183 e. The number of anilines is 1. The van der Waals surface area contributed by atoms with Crippen LogP contribution in [0.2, 0.25) is 0 Å². The minimum atomic E-state index is 0.509. The lowest BCUT2D eigenvalue weighted by Crippen LogP contribution is -2.19. The number of nitrogens with zero attached hydrogens (tertiary/aromatic N) is 6. The fourth-order valence-corrected chi connectivity index (χ4v) is 3.03. The zero-order chi connectivity index (χ0) is 17.1. The van der Waals surface area contributed by atoms with E-state index in [2.05, 4.69) is 15.1 Å². The lowest BCUT2D eigenvalue weighted by molar-refractivity contribution is 0.0616. The molecule has 0 saturated carbocycles. The Morgan fingerprint density at radius 1 is 1.12 bits per heavy atom. The number of ether oxygens (including phenoxy) is 2. The Balaban J connectivity index is 1.56. The summed E-state index contributed by atoms with van der Waals surface area (Å²) in [5.74, 6) is 1.00. The summed E-state index contributed by atoms with van der Waals surface area (Å²) in [7, 11) is 1.66. The highest BCUT2D eigenvalue weighted by Gasteiger charge is 2.16. The summed E-state index contributed by atoms with van der Waals surface area (Å²) in [6.07, 6.45) is 9.96. The molecular formula is C17H22N6O2. The van der Waals surface area contributed by atoms with Crippen LogP contribution >= 0.6 is 0 Å². The first kappa shape index (κ1) is 16.0. The summed E-state index contributed by atoms with van der Waals surface area (Å²) in [6, 6.07) is 2.02. The van der Waals surface area contributed by atoms with E-state index in [0.29, 0.717) is 19.8 Å². The molecule has 3 aromatic heterocycles. The quantitative estimate of drug-likeness (QED) is 0.609. The fourth-order valence-electron chi connectivity index (χ4n) is 3.03. The number of methoxy groups -OCH3 is 1. The summed E-state index contributed by atoms with van der Waals surface area (Å²) < 4.78 is 14.1. The van der Waals surface area contributed by atoms with Gasteiger partial charge in [0.05, 0.1) is 32.2 Å². The normalized spacial score (nSPS) is 14.7. The monoisotopic (exact) mass is 342 g/mol. The smallest absolute Gasteiger partial charge is 0.183 e. The van der Waals surface area contributed by atoms with Crippen molar-refractivity contribution < 1.29 is 9.47 Å². The number of fused-ring (bicyclic) bond motifs is 1. The largest absolute Gasteiger partial charge is 0.382 e. The molecule has 25 heavy (non-hydrogen) atoms. The van der Waals surface area contributed by atoms with E-state index >= 15 is 0 Å². The van der Waals surface area contributed by atoms with Gasteiger partial charge in [-0.15, -0.1) is 0 Å². The molecular weight excluding hydrogens is 320 g/mol. The number of aromatic nitrogens is 5. The van der Waals surface area contributed by atoms with Gasteiger partial charge >= 0.3 is 0 Å². The van der Waals surface area contributed by atoms with Gasteiger partial charge in [-0.05, 0) is 18.9 Å². The Kier molecular flexibility index (Phi) is 4.62. The molecule has 0 unspecified atom stereocenters. The molecule has 0 aliphatic carbocycles. The van der Waals surface area contributed by atoms with Gasteiger partial charge in [-0.1, -0.05) is 0 Å². The van der Waals surface area contributed by atoms with Crippen LogP contribution in [0.1, 0.15) is 18.4 Å². The van der Waals surface area contributed by atoms with Crippen LogP contribution in [0.15, 0.2) is 30.9 Å². The van der Waals surface area contributed by atoms with Crippen LogP contribution in [0.25, 0.3) is 11.3 Å². The summed E-state index contributed by atoms with van der Waals surface area (Å²) in [4.78, 5) is 7.12. The molecule has 0 atom stereocenters. The van der Waals surface area contributed by atoms with Crippen LogP contribution in [0, 0.1) is 0 Å². The molecule has 1 saturated heterocycles. The van der Waals surface area contributed by atoms with E-state index in [1.165, 1.54) is 12.8 Å². The molecule has 0 radical (unpaired) electrons. The number of hydrogen-bond donors (Lipinski definition) is 0. The Hall–Kier alpha value is -2.45.